The molecule has 2 saturated heterocycles. The zero-order valence-electron chi connectivity index (χ0n) is 25.0. The molecular weight excluding hydrogens is 426 g/mol. The molecule has 35 heavy (non-hydrogen) atoms. The van der Waals surface area contributed by atoms with Crippen molar-refractivity contribution in [3.05, 3.63) is 0 Å². The summed E-state index contributed by atoms with van der Waals surface area (Å²) in [7, 11) is 0. The third-order valence-electron chi connectivity index (χ3n) is 16.8. The molecule has 4 saturated carbocycles. The van der Waals surface area contributed by atoms with E-state index in [1.165, 1.54) is 57.9 Å². The van der Waals surface area contributed by atoms with E-state index in [2.05, 4.69) is 74.1 Å². The van der Waals surface area contributed by atoms with E-state index in [0.29, 0.717) is 32.6 Å². The van der Waals surface area contributed by atoms with E-state index in [0.717, 1.165) is 30.6 Å². The molecule has 1 unspecified atom stereocenters. The summed E-state index contributed by atoms with van der Waals surface area (Å²) in [6.07, 6.45) is 12.8. The van der Waals surface area contributed by atoms with E-state index in [1.54, 1.807) is 0 Å². The molecule has 2 heterocycles. The molecule has 2 nitrogen and oxygen atoms in total. The Bertz CT molecular complexity index is 932. The Balaban J connectivity index is 1.48. The van der Waals surface area contributed by atoms with Crippen LogP contribution < -0.4 is 0 Å². The minimum absolute atomic E-state index is 0.0825. The van der Waals surface area contributed by atoms with Crippen LogP contribution in [0.1, 0.15) is 133 Å². The Labute approximate surface area is 217 Å². The van der Waals surface area contributed by atoms with Crippen molar-refractivity contribution in [1.82, 2.24) is 4.90 Å². The van der Waals surface area contributed by atoms with Gasteiger partial charge in [-0.15, -0.1) is 0 Å². The lowest BCUT2D eigenvalue weighted by molar-refractivity contribution is -0.253. The van der Waals surface area contributed by atoms with Gasteiger partial charge >= 0.3 is 0 Å². The van der Waals surface area contributed by atoms with Gasteiger partial charge in [-0.3, -0.25) is 4.90 Å². The van der Waals surface area contributed by atoms with Crippen LogP contribution in [0.5, 0.6) is 0 Å². The number of hydrogen-bond donors (Lipinski definition) is 1. The van der Waals surface area contributed by atoms with Crippen LogP contribution in [-0.4, -0.2) is 33.7 Å². The lowest BCUT2D eigenvalue weighted by Crippen LogP contribution is -2.67. The topological polar surface area (TPSA) is 23.5 Å². The van der Waals surface area contributed by atoms with Gasteiger partial charge in [0.25, 0.3) is 0 Å². The van der Waals surface area contributed by atoms with Gasteiger partial charge in [-0.25, -0.2) is 0 Å². The van der Waals surface area contributed by atoms with Crippen molar-refractivity contribution in [2.45, 2.75) is 151 Å². The Morgan fingerprint density at radius 2 is 1.40 bits per heavy atom. The summed E-state index contributed by atoms with van der Waals surface area (Å²) in [5, 5.41) is 10.7. The van der Waals surface area contributed by atoms with Crippen molar-refractivity contribution in [2.75, 3.05) is 6.54 Å². The largest absolute Gasteiger partial charge is 0.393 e. The van der Waals surface area contributed by atoms with Gasteiger partial charge < -0.3 is 5.11 Å². The molecule has 6 fully saturated rings. The summed E-state index contributed by atoms with van der Waals surface area (Å²) >= 11 is 0. The third-order valence-corrected chi connectivity index (χ3v) is 16.8. The average Bonchev–Trinajstić information content (AvgIpc) is 3.00. The molecule has 6 aliphatic rings. The molecule has 2 aliphatic heterocycles. The Kier molecular flexibility index (Phi) is 4.85. The quantitative estimate of drug-likeness (QED) is 0.376. The zero-order valence-corrected chi connectivity index (χ0v) is 25.0. The molecule has 0 spiro atoms. The highest BCUT2D eigenvalue weighted by Crippen LogP contribution is 2.86. The molecule has 0 aromatic heterocycles. The number of hydrogen-bond acceptors (Lipinski definition) is 2. The normalized spacial score (nSPS) is 66.3. The highest BCUT2D eigenvalue weighted by Gasteiger charge is 2.83. The number of rotatable bonds is 0. The first kappa shape index (κ1) is 25.2. The maximum Gasteiger partial charge on any atom is 0.0545 e. The van der Waals surface area contributed by atoms with E-state index in [-0.39, 0.29) is 17.1 Å². The third kappa shape index (κ3) is 2.36. The molecule has 1 N–H and O–H groups in total. The molecule has 200 valence electrons. The predicted octanol–water partition coefficient (Wildman–Crippen LogP) is 8.08. The number of aliphatic hydroxyl groups is 1. The molecule has 0 aromatic carbocycles. The molecule has 0 amide bonds. The summed E-state index contributed by atoms with van der Waals surface area (Å²) in [5.74, 6) is 2.35. The second-order valence-corrected chi connectivity index (χ2v) is 17.0. The van der Waals surface area contributed by atoms with E-state index >= 15 is 0 Å². The summed E-state index contributed by atoms with van der Waals surface area (Å²) < 4.78 is 0. The maximum atomic E-state index is 10.7. The highest BCUT2D eigenvalue weighted by atomic mass is 16.3. The van der Waals surface area contributed by atoms with Crippen molar-refractivity contribution in [1.29, 1.82) is 0 Å². The Morgan fingerprint density at radius 3 is 2.09 bits per heavy atom. The fraction of sp³-hybridized carbons (Fsp3) is 1.00. The van der Waals surface area contributed by atoms with Gasteiger partial charge in [-0.2, -0.15) is 0 Å². The number of nitrogens with zero attached hydrogens (tertiary/aromatic N) is 1. The van der Waals surface area contributed by atoms with Crippen molar-refractivity contribution >= 4 is 0 Å². The van der Waals surface area contributed by atoms with Gasteiger partial charge in [0.1, 0.15) is 0 Å². The maximum absolute atomic E-state index is 10.7. The Hall–Kier alpha value is -0.0800. The molecule has 6 rings (SSSR count). The zero-order chi connectivity index (χ0) is 25.7. The van der Waals surface area contributed by atoms with Crippen LogP contribution in [0.2, 0.25) is 0 Å². The molecule has 0 radical (unpaired) electrons. The smallest absolute Gasteiger partial charge is 0.0545 e. The molecule has 0 aromatic rings. The second kappa shape index (κ2) is 6.73. The van der Waals surface area contributed by atoms with Crippen molar-refractivity contribution in [3.63, 3.8) is 0 Å². The van der Waals surface area contributed by atoms with Gasteiger partial charge in [-0.05, 0) is 128 Å². The number of aliphatic hydroxyl groups excluding tert-OH is 1. The van der Waals surface area contributed by atoms with Crippen molar-refractivity contribution in [3.8, 4) is 0 Å². The van der Waals surface area contributed by atoms with Crippen LogP contribution in [-0.2, 0) is 0 Å². The highest BCUT2D eigenvalue weighted by molar-refractivity contribution is 5.34. The summed E-state index contributed by atoms with van der Waals surface area (Å²) in [6.45, 7) is 28.1. The lowest BCUT2D eigenvalue weighted by atomic mass is 9.31. The summed E-state index contributed by atoms with van der Waals surface area (Å²) in [6, 6.07) is 0. The average molecular weight is 484 g/mol. The van der Waals surface area contributed by atoms with E-state index in [1.807, 2.05) is 0 Å². The molecule has 12 atom stereocenters. The van der Waals surface area contributed by atoms with Crippen molar-refractivity contribution in [2.24, 2.45) is 50.2 Å². The number of piperidine rings is 1. The van der Waals surface area contributed by atoms with Crippen LogP contribution in [0.25, 0.3) is 0 Å². The van der Waals surface area contributed by atoms with Gasteiger partial charge in [0, 0.05) is 17.6 Å². The minimum atomic E-state index is -0.0825. The van der Waals surface area contributed by atoms with E-state index < -0.39 is 0 Å². The molecule has 2 heteroatoms. The first-order valence-electron chi connectivity index (χ1n) is 15.5. The van der Waals surface area contributed by atoms with Gasteiger partial charge in [-0.1, -0.05) is 55.4 Å². The van der Waals surface area contributed by atoms with E-state index in [9.17, 15) is 5.11 Å². The second-order valence-electron chi connectivity index (χ2n) is 17.0. The molecule has 0 bridgehead atoms. The predicted molar refractivity (Wildman–Crippen MR) is 146 cm³/mol. The molecular formula is C33H57NO. The first-order valence-corrected chi connectivity index (χ1v) is 15.5. The SMILES string of the molecule is C[C@H]1CC[C@]2(C)[C@@H](C)[C@]3(C)[C@@]4(C)CC[C@@]5(C)C(CC[C@@]6(C)C[C@@H](O)CC[C@@]65C)[C@]4(C)C[C@]3(C)N2C1. The van der Waals surface area contributed by atoms with Gasteiger partial charge in [0.15, 0.2) is 0 Å². The monoisotopic (exact) mass is 483 g/mol. The van der Waals surface area contributed by atoms with Crippen LogP contribution >= 0.6 is 0 Å². The van der Waals surface area contributed by atoms with Crippen LogP contribution in [0.4, 0.5) is 0 Å². The van der Waals surface area contributed by atoms with Crippen molar-refractivity contribution < 1.29 is 5.11 Å². The fourth-order valence-corrected chi connectivity index (χ4v) is 13.9. The van der Waals surface area contributed by atoms with Crippen LogP contribution in [0.3, 0.4) is 0 Å². The van der Waals surface area contributed by atoms with Crippen LogP contribution in [0, 0.1) is 50.2 Å². The molecule has 4 aliphatic carbocycles. The summed E-state index contributed by atoms with van der Waals surface area (Å²) in [5.41, 5.74) is 2.75. The van der Waals surface area contributed by atoms with Gasteiger partial charge in [0.05, 0.1) is 6.10 Å². The standard InChI is InChI=1S/C33H57NO/c1-22-11-15-29(6)23(2)33(10)31(8)18-17-27(4)25(28(31,5)21-32(33,9)34(29)20-22)13-14-26(3)19-24(35)12-16-30(26,27)7/h22-25,35H,11-21H2,1-10H3/t22-,23+,24-,25?,26-,27-,28-,29+,30-,31-,32-,33+/m0/s1. The summed E-state index contributed by atoms with van der Waals surface area (Å²) in [4.78, 5) is 3.09. The van der Waals surface area contributed by atoms with Gasteiger partial charge in [0.2, 0.25) is 0 Å². The minimum Gasteiger partial charge on any atom is -0.393 e. The number of fused-ring (bicyclic) bond motifs is 9. The lowest BCUT2D eigenvalue weighted by Gasteiger charge is -2.73. The fourth-order valence-electron chi connectivity index (χ4n) is 13.9. The first-order chi connectivity index (χ1) is 16.0. The Morgan fingerprint density at radius 1 is 0.714 bits per heavy atom. The van der Waals surface area contributed by atoms with Crippen LogP contribution in [0.15, 0.2) is 0 Å². The van der Waals surface area contributed by atoms with E-state index in [4.69, 9.17) is 0 Å².